The summed E-state index contributed by atoms with van der Waals surface area (Å²) in [6, 6.07) is 8.34. The number of piperazine rings is 1. The molecule has 0 radical (unpaired) electrons. The normalized spacial score (nSPS) is 18.1. The van der Waals surface area contributed by atoms with E-state index in [2.05, 4.69) is 30.1 Å². The van der Waals surface area contributed by atoms with Gasteiger partial charge in [-0.2, -0.15) is 0 Å². The maximum atomic E-state index is 12.6. The molecule has 1 aliphatic carbocycles. The van der Waals surface area contributed by atoms with Crippen LogP contribution in [0.5, 0.6) is 0 Å². The Kier molecular flexibility index (Phi) is 4.46. The molecule has 0 spiro atoms. The van der Waals surface area contributed by atoms with Crippen molar-refractivity contribution >= 4 is 28.6 Å². The Morgan fingerprint density at radius 3 is 2.79 bits per heavy atom. The van der Waals surface area contributed by atoms with Gasteiger partial charge < -0.3 is 9.80 Å². The number of aryl methyl sites for hydroxylation is 1. The fourth-order valence-corrected chi connectivity index (χ4v) is 4.79. The lowest BCUT2D eigenvalue weighted by Crippen LogP contribution is -2.47. The highest BCUT2D eigenvalue weighted by atomic mass is 32.2. The molecular formula is C19H23N3OS. The summed E-state index contributed by atoms with van der Waals surface area (Å²) in [4.78, 5) is 23.0. The first-order valence-electron chi connectivity index (χ1n) is 8.72. The molecule has 126 valence electrons. The van der Waals surface area contributed by atoms with Crippen LogP contribution in [0.2, 0.25) is 0 Å². The minimum atomic E-state index is 0.265. The van der Waals surface area contributed by atoms with Crippen molar-refractivity contribution in [3.05, 3.63) is 35.5 Å². The average molecular weight is 341 g/mol. The zero-order valence-corrected chi connectivity index (χ0v) is 14.9. The van der Waals surface area contributed by atoms with Gasteiger partial charge in [-0.3, -0.25) is 9.78 Å². The van der Waals surface area contributed by atoms with Crippen molar-refractivity contribution in [3.8, 4) is 0 Å². The number of pyridine rings is 1. The van der Waals surface area contributed by atoms with Crippen molar-refractivity contribution in [3.63, 3.8) is 0 Å². The van der Waals surface area contributed by atoms with Gasteiger partial charge in [-0.15, -0.1) is 11.8 Å². The molecule has 0 unspecified atom stereocenters. The average Bonchev–Trinajstić information content (AvgIpc) is 3.07. The number of benzene rings is 1. The topological polar surface area (TPSA) is 36.4 Å². The van der Waals surface area contributed by atoms with Crippen LogP contribution in [0.15, 0.2) is 29.2 Å². The van der Waals surface area contributed by atoms with Crippen LogP contribution in [-0.2, 0) is 17.6 Å². The first kappa shape index (κ1) is 15.9. The Hall–Kier alpha value is -1.59. The van der Waals surface area contributed by atoms with E-state index in [-0.39, 0.29) is 5.91 Å². The molecular weight excluding hydrogens is 318 g/mol. The van der Waals surface area contributed by atoms with E-state index in [4.69, 9.17) is 4.98 Å². The van der Waals surface area contributed by atoms with Gasteiger partial charge in [0.1, 0.15) is 0 Å². The van der Waals surface area contributed by atoms with Gasteiger partial charge in [0.2, 0.25) is 5.91 Å². The number of para-hydroxylation sites is 1. The van der Waals surface area contributed by atoms with Gasteiger partial charge in [0, 0.05) is 42.2 Å². The fourth-order valence-electron chi connectivity index (χ4n) is 3.61. The van der Waals surface area contributed by atoms with Gasteiger partial charge >= 0.3 is 0 Å². The molecule has 2 aliphatic rings. The summed E-state index contributed by atoms with van der Waals surface area (Å²) in [6.45, 7) is 3.66. The number of carbonyl (C=O) groups excluding carboxylic acids is 1. The van der Waals surface area contributed by atoms with Crippen molar-refractivity contribution in [2.45, 2.75) is 24.2 Å². The van der Waals surface area contributed by atoms with Crippen LogP contribution in [0.3, 0.4) is 0 Å². The summed E-state index contributed by atoms with van der Waals surface area (Å²) in [5, 5.41) is 1.20. The van der Waals surface area contributed by atoms with E-state index in [0.29, 0.717) is 5.75 Å². The van der Waals surface area contributed by atoms with Gasteiger partial charge in [-0.05, 0) is 37.9 Å². The predicted molar refractivity (Wildman–Crippen MR) is 98.6 cm³/mol. The molecule has 24 heavy (non-hydrogen) atoms. The zero-order valence-electron chi connectivity index (χ0n) is 14.1. The Bertz CT molecular complexity index is 769. The Morgan fingerprint density at radius 1 is 1.17 bits per heavy atom. The quantitative estimate of drug-likeness (QED) is 0.804. The lowest BCUT2D eigenvalue weighted by atomic mass is 10.1. The molecule has 5 heteroatoms. The van der Waals surface area contributed by atoms with Crippen LogP contribution in [0.4, 0.5) is 0 Å². The van der Waals surface area contributed by atoms with Crippen molar-refractivity contribution < 1.29 is 4.79 Å². The molecule has 1 amide bonds. The Balaban J connectivity index is 1.55. The maximum Gasteiger partial charge on any atom is 0.233 e. The highest BCUT2D eigenvalue weighted by molar-refractivity contribution is 8.00. The second-order valence-electron chi connectivity index (χ2n) is 6.71. The van der Waals surface area contributed by atoms with Gasteiger partial charge in [0.05, 0.1) is 11.3 Å². The third-order valence-corrected chi connectivity index (χ3v) is 6.21. The SMILES string of the molecule is CN1CCN(C(=O)CSc2c3c(nc4ccccc24)CCC3)CC1. The number of aromatic nitrogens is 1. The van der Waals surface area contributed by atoms with Crippen molar-refractivity contribution in [2.24, 2.45) is 0 Å². The summed E-state index contributed by atoms with van der Waals surface area (Å²) in [7, 11) is 2.11. The minimum Gasteiger partial charge on any atom is -0.339 e. The molecule has 4 nitrogen and oxygen atoms in total. The third kappa shape index (κ3) is 3.03. The van der Waals surface area contributed by atoms with E-state index >= 15 is 0 Å². The first-order valence-corrected chi connectivity index (χ1v) is 9.70. The minimum absolute atomic E-state index is 0.265. The van der Waals surface area contributed by atoms with E-state index < -0.39 is 0 Å². The molecule has 1 aromatic heterocycles. The highest BCUT2D eigenvalue weighted by Gasteiger charge is 2.23. The van der Waals surface area contributed by atoms with Gasteiger partial charge in [0.15, 0.2) is 0 Å². The highest BCUT2D eigenvalue weighted by Crippen LogP contribution is 2.36. The second kappa shape index (κ2) is 6.73. The number of amides is 1. The zero-order chi connectivity index (χ0) is 16.5. The van der Waals surface area contributed by atoms with Crippen LogP contribution in [0.1, 0.15) is 17.7 Å². The summed E-state index contributed by atoms with van der Waals surface area (Å²) in [5.41, 5.74) is 3.68. The van der Waals surface area contributed by atoms with Gasteiger partial charge in [-0.1, -0.05) is 18.2 Å². The molecule has 1 saturated heterocycles. The van der Waals surface area contributed by atoms with Crippen molar-refractivity contribution in [1.29, 1.82) is 0 Å². The summed E-state index contributed by atoms with van der Waals surface area (Å²) < 4.78 is 0. The first-order chi connectivity index (χ1) is 11.7. The summed E-state index contributed by atoms with van der Waals surface area (Å²) in [6.07, 6.45) is 3.34. The van der Waals surface area contributed by atoms with E-state index in [0.717, 1.165) is 44.5 Å². The molecule has 2 heterocycles. The van der Waals surface area contributed by atoms with E-state index in [1.54, 1.807) is 11.8 Å². The number of hydrogen-bond donors (Lipinski definition) is 0. The van der Waals surface area contributed by atoms with E-state index in [9.17, 15) is 4.79 Å². The van der Waals surface area contributed by atoms with Crippen LogP contribution in [0, 0.1) is 0 Å². The van der Waals surface area contributed by atoms with Gasteiger partial charge in [0.25, 0.3) is 0 Å². The summed E-state index contributed by atoms with van der Waals surface area (Å²) in [5.74, 6) is 0.796. The molecule has 0 saturated carbocycles. The molecule has 0 bridgehead atoms. The van der Waals surface area contributed by atoms with Crippen LogP contribution in [0.25, 0.3) is 10.9 Å². The number of thioether (sulfide) groups is 1. The monoisotopic (exact) mass is 341 g/mol. The predicted octanol–water partition coefficient (Wildman–Crippen LogP) is 2.59. The number of rotatable bonds is 3. The summed E-state index contributed by atoms with van der Waals surface area (Å²) >= 11 is 1.71. The largest absolute Gasteiger partial charge is 0.339 e. The number of nitrogens with zero attached hydrogens (tertiary/aromatic N) is 3. The number of carbonyl (C=O) groups is 1. The molecule has 4 rings (SSSR count). The Morgan fingerprint density at radius 2 is 1.96 bits per heavy atom. The molecule has 0 N–H and O–H groups in total. The van der Waals surface area contributed by atoms with Crippen LogP contribution < -0.4 is 0 Å². The standard InChI is InChI=1S/C19H23N3OS/c1-21-9-11-22(12-10-21)18(23)13-24-19-14-5-2-3-7-16(14)20-17-8-4-6-15(17)19/h2-3,5,7H,4,6,8-13H2,1H3. The Labute approximate surface area is 147 Å². The van der Waals surface area contributed by atoms with E-state index in [1.807, 2.05) is 11.0 Å². The lowest BCUT2D eigenvalue weighted by Gasteiger charge is -2.32. The van der Waals surface area contributed by atoms with Crippen molar-refractivity contribution in [1.82, 2.24) is 14.8 Å². The number of hydrogen-bond acceptors (Lipinski definition) is 4. The van der Waals surface area contributed by atoms with Crippen LogP contribution >= 0.6 is 11.8 Å². The lowest BCUT2D eigenvalue weighted by molar-refractivity contribution is -0.129. The molecule has 1 aliphatic heterocycles. The van der Waals surface area contributed by atoms with Crippen molar-refractivity contribution in [2.75, 3.05) is 39.0 Å². The molecule has 1 aromatic carbocycles. The smallest absolute Gasteiger partial charge is 0.233 e. The molecule has 1 fully saturated rings. The number of likely N-dealkylation sites (N-methyl/N-ethyl adjacent to an activating group) is 1. The van der Waals surface area contributed by atoms with Gasteiger partial charge in [-0.25, -0.2) is 0 Å². The fraction of sp³-hybridized carbons (Fsp3) is 0.474. The molecule has 0 atom stereocenters. The number of fused-ring (bicyclic) bond motifs is 2. The second-order valence-corrected chi connectivity index (χ2v) is 7.70. The maximum absolute atomic E-state index is 12.6. The van der Waals surface area contributed by atoms with E-state index in [1.165, 1.54) is 28.0 Å². The molecule has 2 aromatic rings. The van der Waals surface area contributed by atoms with Crippen LogP contribution in [-0.4, -0.2) is 59.7 Å². The third-order valence-electron chi connectivity index (χ3n) is 5.06.